The van der Waals surface area contributed by atoms with E-state index in [0.717, 1.165) is 0 Å². The lowest BCUT2D eigenvalue weighted by molar-refractivity contribution is -0.142. The second kappa shape index (κ2) is 12.8. The number of rotatable bonds is 13. The molecule has 0 aliphatic rings. The molecule has 0 bridgehead atoms. The van der Waals surface area contributed by atoms with Crippen LogP contribution in [0.5, 0.6) is 5.75 Å². The third kappa shape index (κ3) is 9.23. The molecule has 9 nitrogen and oxygen atoms in total. The standard InChI is InChI=1S/C21H34N4O5/c1-13(2)11-16(23)19(27)25-18(12-14-6-8-15(26)9-7-14)20(28)24-17(21(29)30)5-3-4-10-22/h6-9,13,16-18,26H,3-5,10-12,22-23H2,1-2H3,(H,24,28)(H,25,27)(H,29,30)/t16-,17-,18-/m0/s1. The molecule has 0 spiro atoms. The maximum Gasteiger partial charge on any atom is 0.326 e. The van der Waals surface area contributed by atoms with Gasteiger partial charge in [0.05, 0.1) is 6.04 Å². The Morgan fingerprint density at radius 3 is 2.13 bits per heavy atom. The van der Waals surface area contributed by atoms with Gasteiger partial charge in [0.15, 0.2) is 0 Å². The second-order valence-corrected chi connectivity index (χ2v) is 7.85. The van der Waals surface area contributed by atoms with Crippen LogP contribution in [0.15, 0.2) is 24.3 Å². The highest BCUT2D eigenvalue weighted by atomic mass is 16.4. The van der Waals surface area contributed by atoms with Gasteiger partial charge in [-0.25, -0.2) is 4.79 Å². The molecule has 1 rings (SSSR count). The summed E-state index contributed by atoms with van der Waals surface area (Å²) in [5.41, 5.74) is 12.1. The second-order valence-electron chi connectivity index (χ2n) is 7.85. The summed E-state index contributed by atoms with van der Waals surface area (Å²) >= 11 is 0. The van der Waals surface area contributed by atoms with Crippen molar-refractivity contribution in [3.63, 3.8) is 0 Å². The molecule has 0 heterocycles. The number of phenols is 1. The number of unbranched alkanes of at least 4 members (excludes halogenated alkanes) is 1. The van der Waals surface area contributed by atoms with E-state index in [9.17, 15) is 24.6 Å². The Balaban J connectivity index is 2.93. The van der Waals surface area contributed by atoms with Gasteiger partial charge in [-0.15, -0.1) is 0 Å². The van der Waals surface area contributed by atoms with Crippen molar-refractivity contribution in [1.29, 1.82) is 0 Å². The Labute approximate surface area is 177 Å². The van der Waals surface area contributed by atoms with Crippen LogP contribution in [0.2, 0.25) is 0 Å². The quantitative estimate of drug-likeness (QED) is 0.251. The van der Waals surface area contributed by atoms with E-state index in [2.05, 4.69) is 10.6 Å². The topological polar surface area (TPSA) is 168 Å². The maximum atomic E-state index is 12.8. The van der Waals surface area contributed by atoms with Crippen LogP contribution in [0.1, 0.15) is 45.1 Å². The first-order valence-electron chi connectivity index (χ1n) is 10.2. The summed E-state index contributed by atoms with van der Waals surface area (Å²) in [6, 6.07) is 3.36. The number of nitrogens with one attached hydrogen (secondary N) is 2. The van der Waals surface area contributed by atoms with E-state index in [1.54, 1.807) is 12.1 Å². The van der Waals surface area contributed by atoms with Gasteiger partial charge in [0, 0.05) is 6.42 Å². The third-order valence-corrected chi connectivity index (χ3v) is 4.63. The third-order valence-electron chi connectivity index (χ3n) is 4.63. The Morgan fingerprint density at radius 1 is 1.00 bits per heavy atom. The van der Waals surface area contributed by atoms with Crippen molar-refractivity contribution in [2.75, 3.05) is 6.54 Å². The molecule has 30 heavy (non-hydrogen) atoms. The summed E-state index contributed by atoms with van der Waals surface area (Å²) in [7, 11) is 0. The molecule has 0 aromatic heterocycles. The van der Waals surface area contributed by atoms with Crippen molar-refractivity contribution >= 4 is 17.8 Å². The normalized spacial score (nSPS) is 14.0. The molecular weight excluding hydrogens is 388 g/mol. The highest BCUT2D eigenvalue weighted by Gasteiger charge is 2.28. The first-order chi connectivity index (χ1) is 14.1. The number of carbonyl (C=O) groups excluding carboxylic acids is 2. The maximum absolute atomic E-state index is 12.8. The predicted octanol–water partition coefficient (Wildman–Crippen LogP) is 0.491. The minimum absolute atomic E-state index is 0.0774. The molecule has 168 valence electrons. The number of phenolic OH excluding ortho intramolecular Hbond substituents is 1. The lowest BCUT2D eigenvalue weighted by Gasteiger charge is -2.23. The number of carboxylic acids is 1. The van der Waals surface area contributed by atoms with E-state index in [0.29, 0.717) is 31.4 Å². The minimum Gasteiger partial charge on any atom is -0.508 e. The van der Waals surface area contributed by atoms with E-state index >= 15 is 0 Å². The zero-order chi connectivity index (χ0) is 22.7. The van der Waals surface area contributed by atoms with Gasteiger partial charge in [0.25, 0.3) is 0 Å². The molecule has 8 N–H and O–H groups in total. The number of amides is 2. The van der Waals surface area contributed by atoms with Gasteiger partial charge in [0.1, 0.15) is 17.8 Å². The molecule has 0 aliphatic carbocycles. The summed E-state index contributed by atoms with van der Waals surface area (Å²) in [4.78, 5) is 36.8. The monoisotopic (exact) mass is 422 g/mol. The number of hydrogen-bond acceptors (Lipinski definition) is 6. The van der Waals surface area contributed by atoms with Crippen molar-refractivity contribution in [3.8, 4) is 5.75 Å². The molecule has 0 saturated carbocycles. The lowest BCUT2D eigenvalue weighted by Crippen LogP contribution is -2.55. The van der Waals surface area contributed by atoms with Crippen LogP contribution >= 0.6 is 0 Å². The van der Waals surface area contributed by atoms with E-state index in [1.165, 1.54) is 12.1 Å². The molecule has 2 amide bonds. The first-order valence-corrected chi connectivity index (χ1v) is 10.2. The predicted molar refractivity (Wildman–Crippen MR) is 114 cm³/mol. The number of aromatic hydroxyl groups is 1. The number of benzene rings is 1. The van der Waals surface area contributed by atoms with Crippen molar-refractivity contribution in [2.24, 2.45) is 17.4 Å². The van der Waals surface area contributed by atoms with Gasteiger partial charge < -0.3 is 32.3 Å². The first kappa shape index (κ1) is 25.4. The molecule has 1 aromatic rings. The Bertz CT molecular complexity index is 693. The Hall–Kier alpha value is -2.65. The summed E-state index contributed by atoms with van der Waals surface area (Å²) in [5.74, 6) is -1.94. The molecule has 1 aromatic carbocycles. The van der Waals surface area contributed by atoms with Crippen LogP contribution in [0.25, 0.3) is 0 Å². The number of aliphatic carboxylic acids is 1. The molecule has 0 saturated heterocycles. The van der Waals surface area contributed by atoms with Gasteiger partial charge in [-0.05, 0) is 55.8 Å². The molecule has 9 heteroatoms. The van der Waals surface area contributed by atoms with Crippen LogP contribution in [0.3, 0.4) is 0 Å². The fourth-order valence-corrected chi connectivity index (χ4v) is 2.99. The van der Waals surface area contributed by atoms with Crippen LogP contribution in [-0.4, -0.2) is 52.7 Å². The summed E-state index contributed by atoms with van der Waals surface area (Å²) < 4.78 is 0. The number of carbonyl (C=O) groups is 3. The van der Waals surface area contributed by atoms with Gasteiger partial charge in [-0.1, -0.05) is 26.0 Å². The summed E-state index contributed by atoms with van der Waals surface area (Å²) in [5, 5.41) is 24.0. The molecule has 3 atom stereocenters. The van der Waals surface area contributed by atoms with Crippen molar-refractivity contribution in [2.45, 2.75) is 64.1 Å². The number of nitrogens with two attached hydrogens (primary N) is 2. The van der Waals surface area contributed by atoms with E-state index in [1.807, 2.05) is 13.8 Å². The van der Waals surface area contributed by atoms with Gasteiger partial charge in [0.2, 0.25) is 11.8 Å². The number of carboxylic acid groups (broad SMARTS) is 1. The largest absolute Gasteiger partial charge is 0.508 e. The van der Waals surface area contributed by atoms with Crippen LogP contribution in [-0.2, 0) is 20.8 Å². The van der Waals surface area contributed by atoms with Gasteiger partial charge >= 0.3 is 5.97 Å². The van der Waals surface area contributed by atoms with E-state index < -0.39 is 35.9 Å². The van der Waals surface area contributed by atoms with Crippen molar-refractivity contribution in [1.82, 2.24) is 10.6 Å². The van der Waals surface area contributed by atoms with E-state index in [-0.39, 0.29) is 24.5 Å². The minimum atomic E-state index is -1.15. The van der Waals surface area contributed by atoms with Gasteiger partial charge in [-0.2, -0.15) is 0 Å². The molecular formula is C21H34N4O5. The van der Waals surface area contributed by atoms with E-state index in [4.69, 9.17) is 11.5 Å². The van der Waals surface area contributed by atoms with Crippen LogP contribution in [0.4, 0.5) is 0 Å². The highest BCUT2D eigenvalue weighted by molar-refractivity contribution is 5.91. The molecule has 0 fully saturated rings. The Morgan fingerprint density at radius 2 is 1.60 bits per heavy atom. The zero-order valence-electron chi connectivity index (χ0n) is 17.6. The molecule has 0 radical (unpaired) electrons. The lowest BCUT2D eigenvalue weighted by atomic mass is 10.0. The molecule has 0 aliphatic heterocycles. The number of hydrogen-bond donors (Lipinski definition) is 6. The highest BCUT2D eigenvalue weighted by Crippen LogP contribution is 2.12. The van der Waals surface area contributed by atoms with Gasteiger partial charge in [-0.3, -0.25) is 9.59 Å². The SMILES string of the molecule is CC(C)C[C@H](N)C(=O)N[C@@H](Cc1ccc(O)cc1)C(=O)N[C@@H](CCCCN)C(=O)O. The van der Waals surface area contributed by atoms with Crippen LogP contribution < -0.4 is 22.1 Å². The molecule has 0 unspecified atom stereocenters. The zero-order valence-corrected chi connectivity index (χ0v) is 17.6. The van der Waals surface area contributed by atoms with Crippen LogP contribution in [0, 0.1) is 5.92 Å². The fraction of sp³-hybridized carbons (Fsp3) is 0.571. The Kier molecular flexibility index (Phi) is 10.8. The van der Waals surface area contributed by atoms with Crippen molar-refractivity contribution < 1.29 is 24.6 Å². The summed E-state index contributed by atoms with van der Waals surface area (Å²) in [6.07, 6.45) is 2.03. The fourth-order valence-electron chi connectivity index (χ4n) is 2.99. The average Bonchev–Trinajstić information content (AvgIpc) is 2.67. The summed E-state index contributed by atoms with van der Waals surface area (Å²) in [6.45, 7) is 4.31. The average molecular weight is 423 g/mol. The smallest absolute Gasteiger partial charge is 0.326 e. The van der Waals surface area contributed by atoms with Crippen molar-refractivity contribution in [3.05, 3.63) is 29.8 Å².